The number of likely N-dealkylation sites (N-methyl/N-ethyl adjacent to an activating group) is 2. The first-order valence-electron chi connectivity index (χ1n) is 21.3. The van der Waals surface area contributed by atoms with Gasteiger partial charge in [0.05, 0.1) is 27.7 Å². The maximum Gasteiger partial charge on any atom is 0.268 e. The molecular formula is C41H85N2O6P. The van der Waals surface area contributed by atoms with Gasteiger partial charge in [-0.25, -0.2) is 0 Å². The van der Waals surface area contributed by atoms with Gasteiger partial charge in [-0.2, -0.15) is 0 Å². The van der Waals surface area contributed by atoms with E-state index in [1.807, 2.05) is 21.1 Å². The van der Waals surface area contributed by atoms with Crippen molar-refractivity contribution in [2.75, 3.05) is 61.1 Å². The Bertz CT molecular complexity index is 794. The van der Waals surface area contributed by atoms with E-state index in [4.69, 9.17) is 13.8 Å². The molecule has 0 aliphatic rings. The summed E-state index contributed by atoms with van der Waals surface area (Å²) in [4.78, 5) is 27.2. The number of nitrogens with zero attached hydrogens (tertiary/aromatic N) is 2. The van der Waals surface area contributed by atoms with Crippen LogP contribution < -0.4 is 4.89 Å². The highest BCUT2D eigenvalue weighted by Gasteiger charge is 2.23. The molecule has 2 unspecified atom stereocenters. The highest BCUT2D eigenvalue weighted by molar-refractivity contribution is 7.45. The summed E-state index contributed by atoms with van der Waals surface area (Å²) < 4.78 is 29.8. The maximum absolute atomic E-state index is 12.9. The lowest BCUT2D eigenvalue weighted by Crippen LogP contribution is -2.39. The monoisotopic (exact) mass is 733 g/mol. The first kappa shape index (κ1) is 49.5. The van der Waals surface area contributed by atoms with E-state index >= 15 is 0 Å². The van der Waals surface area contributed by atoms with E-state index in [1.54, 1.807) is 11.9 Å². The Morgan fingerprint density at radius 3 is 1.40 bits per heavy atom. The number of ether oxygens (including phenoxy) is 1. The maximum atomic E-state index is 12.9. The quantitative estimate of drug-likeness (QED) is 0.0355. The summed E-state index contributed by atoms with van der Waals surface area (Å²) in [6, 6.07) is 0. The number of phosphoric ester groups is 1. The molecular weight excluding hydrogens is 647 g/mol. The number of amides is 1. The molecule has 0 fully saturated rings. The minimum atomic E-state index is -4.54. The summed E-state index contributed by atoms with van der Waals surface area (Å²) in [7, 11) is 3.12. The zero-order valence-corrected chi connectivity index (χ0v) is 35.1. The number of hydrogen-bond acceptors (Lipinski definition) is 6. The van der Waals surface area contributed by atoms with Crippen molar-refractivity contribution in [3.05, 3.63) is 0 Å². The van der Waals surface area contributed by atoms with Crippen molar-refractivity contribution >= 4 is 13.7 Å². The summed E-state index contributed by atoms with van der Waals surface area (Å²) in [5.74, 6) is 0.0142. The largest absolute Gasteiger partial charge is 0.756 e. The fourth-order valence-corrected chi connectivity index (χ4v) is 7.12. The van der Waals surface area contributed by atoms with Crippen LogP contribution in [0.4, 0.5) is 0 Å². The molecule has 0 aromatic heterocycles. The first-order valence-corrected chi connectivity index (χ1v) is 22.7. The number of quaternary nitrogens is 1. The lowest BCUT2D eigenvalue weighted by Gasteiger charge is -2.31. The third kappa shape index (κ3) is 35.9. The van der Waals surface area contributed by atoms with Crippen LogP contribution in [0.3, 0.4) is 0 Å². The topological polar surface area (TPSA) is 88.1 Å². The van der Waals surface area contributed by atoms with E-state index in [0.717, 1.165) is 32.1 Å². The van der Waals surface area contributed by atoms with Gasteiger partial charge in [0.2, 0.25) is 5.91 Å². The smallest absolute Gasteiger partial charge is 0.268 e. The minimum Gasteiger partial charge on any atom is -0.756 e. The van der Waals surface area contributed by atoms with E-state index in [0.29, 0.717) is 24.1 Å². The second-order valence-electron chi connectivity index (χ2n) is 16.0. The van der Waals surface area contributed by atoms with Crippen molar-refractivity contribution in [3.63, 3.8) is 0 Å². The van der Waals surface area contributed by atoms with Crippen LogP contribution in [0.1, 0.15) is 194 Å². The fourth-order valence-electron chi connectivity index (χ4n) is 6.26. The molecule has 8 nitrogen and oxygen atoms in total. The molecule has 0 spiro atoms. The van der Waals surface area contributed by atoms with Crippen LogP contribution in [0.5, 0.6) is 0 Å². The molecule has 0 aromatic carbocycles. The molecule has 0 heterocycles. The van der Waals surface area contributed by atoms with Crippen LogP contribution in [0.2, 0.25) is 0 Å². The van der Waals surface area contributed by atoms with Gasteiger partial charge in [0.1, 0.15) is 19.3 Å². The predicted molar refractivity (Wildman–Crippen MR) is 210 cm³/mol. The van der Waals surface area contributed by atoms with Gasteiger partial charge in [0.25, 0.3) is 7.82 Å². The van der Waals surface area contributed by atoms with E-state index in [1.165, 1.54) is 141 Å². The summed E-state index contributed by atoms with van der Waals surface area (Å²) in [5, 5.41) is 0. The molecule has 0 aliphatic carbocycles. The minimum absolute atomic E-state index is 0.0142. The normalized spacial score (nSPS) is 13.8. The van der Waals surface area contributed by atoms with E-state index < -0.39 is 13.9 Å². The van der Waals surface area contributed by atoms with Crippen molar-refractivity contribution in [1.29, 1.82) is 0 Å². The number of hydrogen-bond donors (Lipinski definition) is 0. The standard InChI is InChI=1S/C41H85N2O6P/c1-7-9-11-13-15-17-19-21-23-25-27-29-31-33-36-47-39-40(49-50(45,46)48-37-35-43(4,5)6)38-42(3)41(44)34-32-30-28-26-24-22-20-18-16-14-12-10-8-2/h40H,7-39H2,1-6H3. The van der Waals surface area contributed by atoms with Crippen molar-refractivity contribution in [3.8, 4) is 0 Å². The van der Waals surface area contributed by atoms with Gasteiger partial charge in [-0.15, -0.1) is 0 Å². The SMILES string of the molecule is CCCCCCCCCCCCCCCCOCC(CN(C)C(=O)CCCCCCCCCCCCCCC)OP(=O)([O-])OCC[N+](C)(C)C. The molecule has 1 amide bonds. The molecule has 0 aromatic rings. The van der Waals surface area contributed by atoms with Crippen molar-refractivity contribution in [2.45, 2.75) is 200 Å². The van der Waals surface area contributed by atoms with Crippen molar-refractivity contribution in [1.82, 2.24) is 4.90 Å². The first-order chi connectivity index (χ1) is 24.0. The van der Waals surface area contributed by atoms with Crippen LogP contribution in [-0.4, -0.2) is 82.5 Å². The van der Waals surface area contributed by atoms with Gasteiger partial charge in [0, 0.05) is 26.6 Å². The Morgan fingerprint density at radius 1 is 0.620 bits per heavy atom. The van der Waals surface area contributed by atoms with E-state index in [9.17, 15) is 14.3 Å². The van der Waals surface area contributed by atoms with Gasteiger partial charge in [-0.05, 0) is 12.8 Å². The van der Waals surface area contributed by atoms with Gasteiger partial charge >= 0.3 is 0 Å². The molecule has 2 atom stereocenters. The Morgan fingerprint density at radius 2 is 1.00 bits per heavy atom. The van der Waals surface area contributed by atoms with Gasteiger partial charge < -0.3 is 28.1 Å². The molecule has 0 aliphatic heterocycles. The summed E-state index contributed by atoms with van der Waals surface area (Å²) >= 11 is 0. The second-order valence-corrected chi connectivity index (χ2v) is 17.3. The van der Waals surface area contributed by atoms with Crippen LogP contribution in [-0.2, 0) is 23.1 Å². The highest BCUT2D eigenvalue weighted by atomic mass is 31.2. The average molecular weight is 733 g/mol. The van der Waals surface area contributed by atoms with Crippen molar-refractivity contribution in [2.24, 2.45) is 0 Å². The summed E-state index contributed by atoms with van der Waals surface area (Å²) in [5.41, 5.74) is 0. The number of unbranched alkanes of at least 4 members (excludes halogenated alkanes) is 25. The molecule has 0 saturated carbocycles. The fraction of sp³-hybridized carbons (Fsp3) is 0.976. The predicted octanol–water partition coefficient (Wildman–Crippen LogP) is 11.0. The molecule has 9 heteroatoms. The van der Waals surface area contributed by atoms with Gasteiger partial charge in [0.15, 0.2) is 0 Å². The van der Waals surface area contributed by atoms with Crippen molar-refractivity contribution < 1.29 is 32.5 Å². The zero-order chi connectivity index (χ0) is 37.2. The Labute approximate surface area is 311 Å². The number of carbonyl (C=O) groups is 1. The molecule has 0 N–H and O–H groups in total. The number of phosphoric acid groups is 1. The molecule has 300 valence electrons. The van der Waals surface area contributed by atoms with Crippen LogP contribution in [0.25, 0.3) is 0 Å². The molecule has 50 heavy (non-hydrogen) atoms. The third-order valence-corrected chi connectivity index (χ3v) is 10.7. The third-order valence-electron chi connectivity index (χ3n) is 9.63. The average Bonchev–Trinajstić information content (AvgIpc) is 3.05. The number of rotatable bonds is 39. The zero-order valence-electron chi connectivity index (χ0n) is 34.2. The lowest BCUT2D eigenvalue weighted by atomic mass is 10.0. The number of carbonyl (C=O) groups excluding carboxylic acids is 1. The van der Waals surface area contributed by atoms with Gasteiger partial charge in [-0.1, -0.05) is 174 Å². The van der Waals surface area contributed by atoms with Crippen LogP contribution in [0.15, 0.2) is 0 Å². The highest BCUT2D eigenvalue weighted by Crippen LogP contribution is 2.40. The summed E-state index contributed by atoms with van der Waals surface area (Å²) in [6.45, 7) is 5.93. The lowest BCUT2D eigenvalue weighted by molar-refractivity contribution is -0.870. The van der Waals surface area contributed by atoms with Crippen LogP contribution in [0, 0.1) is 0 Å². The Kier molecular flexibility index (Phi) is 33.9. The van der Waals surface area contributed by atoms with E-state index in [2.05, 4.69) is 13.8 Å². The Hall–Kier alpha value is -0.500. The molecule has 0 bridgehead atoms. The molecule has 0 rings (SSSR count). The van der Waals surface area contributed by atoms with Crippen LogP contribution >= 0.6 is 7.82 Å². The molecule has 0 saturated heterocycles. The summed E-state index contributed by atoms with van der Waals surface area (Å²) in [6.07, 6.45) is 34.3. The Balaban J connectivity index is 4.33. The van der Waals surface area contributed by atoms with Gasteiger partial charge in [-0.3, -0.25) is 9.36 Å². The second kappa shape index (κ2) is 34.3. The molecule has 0 radical (unpaired) electrons. The van der Waals surface area contributed by atoms with E-state index in [-0.39, 0.29) is 25.7 Å².